The van der Waals surface area contributed by atoms with Crippen LogP contribution in [-0.4, -0.2) is 37.7 Å². The zero-order chi connectivity index (χ0) is 15.3. The lowest BCUT2D eigenvalue weighted by molar-refractivity contribution is 0.401. The quantitative estimate of drug-likeness (QED) is 0.790. The fourth-order valence-corrected chi connectivity index (χ4v) is 3.42. The Hall–Kier alpha value is -1.17. The zero-order valence-electron chi connectivity index (χ0n) is 11.5. The second kappa shape index (κ2) is 7.20. The van der Waals surface area contributed by atoms with Gasteiger partial charge in [-0.05, 0) is 30.9 Å². The van der Waals surface area contributed by atoms with Crippen LogP contribution in [-0.2, 0) is 10.0 Å². The van der Waals surface area contributed by atoms with E-state index in [4.69, 9.17) is 5.26 Å². The summed E-state index contributed by atoms with van der Waals surface area (Å²) in [4.78, 5) is 6.37. The highest BCUT2D eigenvalue weighted by Crippen LogP contribution is 2.23. The first-order valence-corrected chi connectivity index (χ1v) is 9.46. The summed E-state index contributed by atoms with van der Waals surface area (Å²) in [6, 6.07) is 5.67. The second-order valence-electron chi connectivity index (χ2n) is 4.99. The average molecular weight is 373 g/mol. The Morgan fingerprint density at radius 2 is 2.19 bits per heavy atom. The monoisotopic (exact) mass is 372 g/mol. The predicted molar refractivity (Wildman–Crippen MR) is 84.6 cm³/mol. The molecule has 0 aliphatic carbocycles. The lowest BCUT2D eigenvalue weighted by Crippen LogP contribution is -2.39. The fourth-order valence-electron chi connectivity index (χ4n) is 2.37. The summed E-state index contributed by atoms with van der Waals surface area (Å²) in [5.74, 6) is 1.05. The molecule has 1 aromatic rings. The Bertz CT molecular complexity index is 621. The number of hydrogen-bond acceptors (Lipinski definition) is 5. The summed E-state index contributed by atoms with van der Waals surface area (Å²) < 4.78 is 25.3. The van der Waals surface area contributed by atoms with Gasteiger partial charge in [-0.1, -0.05) is 15.9 Å². The van der Waals surface area contributed by atoms with Crippen molar-refractivity contribution in [2.75, 3.05) is 29.2 Å². The van der Waals surface area contributed by atoms with Crippen LogP contribution in [0, 0.1) is 17.2 Å². The number of nitriles is 1. The van der Waals surface area contributed by atoms with Crippen molar-refractivity contribution in [1.82, 2.24) is 9.71 Å². The maximum atomic E-state index is 11.4. The van der Waals surface area contributed by atoms with E-state index in [9.17, 15) is 8.42 Å². The van der Waals surface area contributed by atoms with E-state index in [1.165, 1.54) is 0 Å². The van der Waals surface area contributed by atoms with Gasteiger partial charge >= 0.3 is 0 Å². The van der Waals surface area contributed by atoms with Crippen molar-refractivity contribution in [3.05, 3.63) is 23.9 Å². The fraction of sp³-hybridized carbons (Fsp3) is 0.538. The third-order valence-electron chi connectivity index (χ3n) is 3.56. The SMILES string of the molecule is N#Cc1cccnc1N1CCC(CNS(=O)(=O)CBr)CC1. The molecule has 0 atom stereocenters. The van der Waals surface area contributed by atoms with Gasteiger partial charge < -0.3 is 4.90 Å². The molecule has 0 aromatic carbocycles. The number of nitrogens with zero attached hydrogens (tertiary/aromatic N) is 3. The van der Waals surface area contributed by atoms with Gasteiger partial charge in [-0.3, -0.25) is 0 Å². The molecule has 8 heteroatoms. The van der Waals surface area contributed by atoms with Crippen molar-refractivity contribution in [2.24, 2.45) is 5.92 Å². The Kier molecular flexibility index (Phi) is 5.56. The first-order chi connectivity index (χ1) is 10.1. The maximum absolute atomic E-state index is 11.4. The number of pyridine rings is 1. The smallest absolute Gasteiger partial charge is 0.221 e. The van der Waals surface area contributed by atoms with E-state index >= 15 is 0 Å². The molecule has 0 amide bonds. The van der Waals surface area contributed by atoms with Crippen molar-refractivity contribution in [3.8, 4) is 6.07 Å². The Balaban J connectivity index is 1.90. The number of halogens is 1. The van der Waals surface area contributed by atoms with Crippen LogP contribution in [0.1, 0.15) is 18.4 Å². The normalized spacial score (nSPS) is 16.7. The molecule has 1 aromatic heterocycles. The molecule has 0 bridgehead atoms. The summed E-state index contributed by atoms with van der Waals surface area (Å²) in [5, 5.41) is 9.10. The lowest BCUT2D eigenvalue weighted by atomic mass is 9.97. The van der Waals surface area contributed by atoms with Crippen molar-refractivity contribution >= 4 is 31.8 Å². The zero-order valence-corrected chi connectivity index (χ0v) is 13.9. The van der Waals surface area contributed by atoms with Crippen molar-refractivity contribution in [3.63, 3.8) is 0 Å². The third-order valence-corrected chi connectivity index (χ3v) is 6.26. The van der Waals surface area contributed by atoms with E-state index in [1.54, 1.807) is 18.3 Å². The van der Waals surface area contributed by atoms with Gasteiger partial charge in [0.2, 0.25) is 10.0 Å². The molecule has 2 rings (SSSR count). The van der Waals surface area contributed by atoms with Gasteiger partial charge in [0.15, 0.2) is 0 Å². The predicted octanol–water partition coefficient (Wildman–Crippen LogP) is 1.44. The van der Waals surface area contributed by atoms with Crippen molar-refractivity contribution in [2.45, 2.75) is 12.8 Å². The van der Waals surface area contributed by atoms with Crippen LogP contribution < -0.4 is 9.62 Å². The Morgan fingerprint density at radius 1 is 1.48 bits per heavy atom. The van der Waals surface area contributed by atoms with E-state index in [1.807, 2.05) is 0 Å². The number of alkyl halides is 1. The molecule has 114 valence electrons. The van der Waals surface area contributed by atoms with Gasteiger partial charge in [0.1, 0.15) is 16.5 Å². The number of piperidine rings is 1. The van der Waals surface area contributed by atoms with Crippen LogP contribution in [0.2, 0.25) is 0 Å². The van der Waals surface area contributed by atoms with Crippen LogP contribution >= 0.6 is 15.9 Å². The van der Waals surface area contributed by atoms with Gasteiger partial charge in [0.05, 0.1) is 5.56 Å². The lowest BCUT2D eigenvalue weighted by Gasteiger charge is -2.33. The van der Waals surface area contributed by atoms with Crippen LogP contribution in [0.4, 0.5) is 5.82 Å². The number of rotatable bonds is 5. The van der Waals surface area contributed by atoms with Crippen LogP contribution in [0.25, 0.3) is 0 Å². The van der Waals surface area contributed by atoms with Crippen LogP contribution in [0.3, 0.4) is 0 Å². The summed E-state index contributed by atoms with van der Waals surface area (Å²) >= 11 is 2.95. The molecule has 0 saturated carbocycles. The number of anilines is 1. The van der Waals surface area contributed by atoms with E-state index in [2.05, 4.69) is 36.6 Å². The Labute approximate surface area is 133 Å². The second-order valence-corrected chi connectivity index (χ2v) is 8.10. The molecule has 0 radical (unpaired) electrons. The van der Waals surface area contributed by atoms with Gasteiger partial charge in [0, 0.05) is 25.8 Å². The highest BCUT2D eigenvalue weighted by atomic mass is 79.9. The van der Waals surface area contributed by atoms with Crippen LogP contribution in [0.5, 0.6) is 0 Å². The minimum atomic E-state index is -3.20. The summed E-state index contributed by atoms with van der Waals surface area (Å²) in [5.41, 5.74) is 0.580. The average Bonchev–Trinajstić information content (AvgIpc) is 2.53. The highest BCUT2D eigenvalue weighted by Gasteiger charge is 2.22. The molecule has 0 spiro atoms. The Morgan fingerprint density at radius 3 is 2.81 bits per heavy atom. The maximum Gasteiger partial charge on any atom is 0.221 e. The van der Waals surface area contributed by atoms with E-state index < -0.39 is 10.0 Å². The minimum absolute atomic E-state index is 0.0711. The number of hydrogen-bond donors (Lipinski definition) is 1. The molecule has 6 nitrogen and oxygen atoms in total. The van der Waals surface area contributed by atoms with Gasteiger partial charge in [0.25, 0.3) is 0 Å². The van der Waals surface area contributed by atoms with Gasteiger partial charge in [-0.2, -0.15) is 5.26 Å². The molecular formula is C13H17BrN4O2S. The summed E-state index contributed by atoms with van der Waals surface area (Å²) in [7, 11) is -3.20. The molecule has 2 heterocycles. The number of sulfonamides is 1. The summed E-state index contributed by atoms with van der Waals surface area (Å²) in [6.45, 7) is 2.04. The molecule has 1 N–H and O–H groups in total. The number of aromatic nitrogens is 1. The molecule has 1 aliphatic heterocycles. The molecule has 1 aliphatic rings. The largest absolute Gasteiger partial charge is 0.356 e. The highest BCUT2D eigenvalue weighted by molar-refractivity contribution is 9.10. The van der Waals surface area contributed by atoms with Crippen molar-refractivity contribution < 1.29 is 8.42 Å². The summed E-state index contributed by atoms with van der Waals surface area (Å²) in [6.07, 6.45) is 3.45. The number of nitrogens with one attached hydrogen (secondary N) is 1. The van der Waals surface area contributed by atoms with Gasteiger partial charge in [-0.15, -0.1) is 0 Å². The molecule has 1 fully saturated rings. The first kappa shape index (κ1) is 16.2. The van der Waals surface area contributed by atoms with E-state index in [0.29, 0.717) is 18.0 Å². The minimum Gasteiger partial charge on any atom is -0.356 e. The van der Waals surface area contributed by atoms with Crippen molar-refractivity contribution in [1.29, 1.82) is 5.26 Å². The van der Waals surface area contributed by atoms with E-state index in [0.717, 1.165) is 31.7 Å². The third kappa shape index (κ3) is 4.40. The molecule has 21 heavy (non-hydrogen) atoms. The topological polar surface area (TPSA) is 86.1 Å². The van der Waals surface area contributed by atoms with Crippen LogP contribution in [0.15, 0.2) is 18.3 Å². The van der Waals surface area contributed by atoms with E-state index in [-0.39, 0.29) is 4.66 Å². The molecule has 1 saturated heterocycles. The molecule has 0 unspecified atom stereocenters. The first-order valence-electron chi connectivity index (χ1n) is 6.69. The van der Waals surface area contributed by atoms with Gasteiger partial charge in [-0.25, -0.2) is 18.1 Å². The standard InChI is InChI=1S/C13H17BrN4O2S/c14-10-21(19,20)17-9-11-3-6-18(7-4-11)13-12(8-15)2-1-5-16-13/h1-2,5,11,17H,3-4,6-7,9-10H2. The molecular weight excluding hydrogens is 356 g/mol.